The monoisotopic (exact) mass is 268 g/mol. The minimum Gasteiger partial charge on any atom is -0.381 e. The predicted octanol–water partition coefficient (Wildman–Crippen LogP) is 1.85. The molecule has 18 heavy (non-hydrogen) atoms. The highest BCUT2D eigenvalue weighted by Crippen LogP contribution is 2.28. The van der Waals surface area contributed by atoms with E-state index in [1.165, 1.54) is 11.3 Å². The van der Waals surface area contributed by atoms with Crippen LogP contribution in [-0.2, 0) is 11.2 Å². The van der Waals surface area contributed by atoms with Crippen LogP contribution in [0.1, 0.15) is 11.3 Å². The lowest BCUT2D eigenvalue weighted by Crippen LogP contribution is -2.43. The molecule has 1 fully saturated rings. The molecule has 102 valence electrons. The van der Waals surface area contributed by atoms with Crippen molar-refractivity contribution in [2.45, 2.75) is 12.8 Å². The van der Waals surface area contributed by atoms with E-state index in [0.29, 0.717) is 5.41 Å². The Bertz CT molecular complexity index is 334. The molecule has 1 aromatic rings. The molecular formula is C14H24N2OS. The van der Waals surface area contributed by atoms with Gasteiger partial charge in [0.2, 0.25) is 0 Å². The van der Waals surface area contributed by atoms with Gasteiger partial charge in [-0.1, -0.05) is 6.07 Å². The van der Waals surface area contributed by atoms with E-state index < -0.39 is 0 Å². The van der Waals surface area contributed by atoms with Crippen molar-refractivity contribution in [1.82, 2.24) is 10.2 Å². The smallest absolute Gasteiger partial charge is 0.0547 e. The Hall–Kier alpha value is -0.420. The number of hydrogen-bond donors (Lipinski definition) is 1. The lowest BCUT2D eigenvalue weighted by atomic mass is 9.86. The Labute approximate surface area is 114 Å². The molecule has 4 heteroatoms. The molecule has 3 nitrogen and oxygen atoms in total. The van der Waals surface area contributed by atoms with Crippen LogP contribution in [0.2, 0.25) is 0 Å². The highest BCUT2D eigenvalue weighted by Gasteiger charge is 2.35. The van der Waals surface area contributed by atoms with Crippen LogP contribution in [0, 0.1) is 5.41 Å². The SMILES string of the molecule is CNCC1(CN(C)CCc2cccs2)CCOC1. The number of likely N-dealkylation sites (N-methyl/N-ethyl adjacent to an activating group) is 1. The molecule has 1 unspecified atom stereocenters. The Morgan fingerprint density at radius 3 is 3.06 bits per heavy atom. The Morgan fingerprint density at radius 2 is 2.44 bits per heavy atom. The molecule has 0 aromatic carbocycles. The third-order valence-corrected chi connectivity index (χ3v) is 4.60. The molecular weight excluding hydrogens is 244 g/mol. The Balaban J connectivity index is 1.79. The summed E-state index contributed by atoms with van der Waals surface area (Å²) in [4.78, 5) is 3.93. The summed E-state index contributed by atoms with van der Waals surface area (Å²) in [6.45, 7) is 5.12. The topological polar surface area (TPSA) is 24.5 Å². The number of rotatable bonds is 7. The highest BCUT2D eigenvalue weighted by atomic mass is 32.1. The molecule has 1 aromatic heterocycles. The molecule has 0 aliphatic carbocycles. The highest BCUT2D eigenvalue weighted by molar-refractivity contribution is 7.09. The molecule has 1 saturated heterocycles. The lowest BCUT2D eigenvalue weighted by Gasteiger charge is -2.32. The maximum atomic E-state index is 5.60. The third kappa shape index (κ3) is 3.79. The Morgan fingerprint density at radius 1 is 1.56 bits per heavy atom. The summed E-state index contributed by atoms with van der Waals surface area (Å²) in [6, 6.07) is 4.36. The molecule has 0 spiro atoms. The summed E-state index contributed by atoms with van der Waals surface area (Å²) < 4.78 is 5.60. The van der Waals surface area contributed by atoms with Gasteiger partial charge < -0.3 is 15.0 Å². The van der Waals surface area contributed by atoms with E-state index in [0.717, 1.165) is 39.3 Å². The normalized spacial score (nSPS) is 23.9. The second-order valence-electron chi connectivity index (χ2n) is 5.40. The fraction of sp³-hybridized carbons (Fsp3) is 0.714. The molecule has 0 bridgehead atoms. The van der Waals surface area contributed by atoms with E-state index in [4.69, 9.17) is 4.74 Å². The van der Waals surface area contributed by atoms with Crippen molar-refractivity contribution in [3.05, 3.63) is 22.4 Å². The van der Waals surface area contributed by atoms with Crippen LogP contribution in [0.5, 0.6) is 0 Å². The first-order valence-corrected chi connectivity index (χ1v) is 7.55. The average molecular weight is 268 g/mol. The van der Waals surface area contributed by atoms with Gasteiger partial charge in [0.1, 0.15) is 0 Å². The van der Waals surface area contributed by atoms with Crippen LogP contribution in [0.25, 0.3) is 0 Å². The van der Waals surface area contributed by atoms with Gasteiger partial charge in [-0.3, -0.25) is 0 Å². The number of hydrogen-bond acceptors (Lipinski definition) is 4. The first kappa shape index (κ1) is 14.0. The zero-order valence-corrected chi connectivity index (χ0v) is 12.3. The van der Waals surface area contributed by atoms with Crippen molar-refractivity contribution < 1.29 is 4.74 Å². The van der Waals surface area contributed by atoms with E-state index >= 15 is 0 Å². The lowest BCUT2D eigenvalue weighted by molar-refractivity contribution is 0.121. The zero-order chi connectivity index (χ0) is 12.8. The minimum atomic E-state index is 0.318. The largest absolute Gasteiger partial charge is 0.381 e. The summed E-state index contributed by atoms with van der Waals surface area (Å²) >= 11 is 1.85. The van der Waals surface area contributed by atoms with Gasteiger partial charge in [0, 0.05) is 36.5 Å². The fourth-order valence-electron chi connectivity index (χ4n) is 2.75. The fourth-order valence-corrected chi connectivity index (χ4v) is 3.45. The van der Waals surface area contributed by atoms with Crippen LogP contribution < -0.4 is 5.32 Å². The molecule has 2 heterocycles. The molecule has 0 radical (unpaired) electrons. The third-order valence-electron chi connectivity index (χ3n) is 3.66. The van der Waals surface area contributed by atoms with E-state index in [1.807, 2.05) is 18.4 Å². The summed E-state index contributed by atoms with van der Waals surface area (Å²) in [5.74, 6) is 0. The zero-order valence-electron chi connectivity index (χ0n) is 11.4. The van der Waals surface area contributed by atoms with Gasteiger partial charge in [-0.25, -0.2) is 0 Å². The van der Waals surface area contributed by atoms with Gasteiger partial charge in [0.15, 0.2) is 0 Å². The van der Waals surface area contributed by atoms with Gasteiger partial charge in [-0.05, 0) is 38.4 Å². The summed E-state index contributed by atoms with van der Waals surface area (Å²) in [5, 5.41) is 5.48. The van der Waals surface area contributed by atoms with Crippen LogP contribution >= 0.6 is 11.3 Å². The van der Waals surface area contributed by atoms with Gasteiger partial charge in [-0.2, -0.15) is 0 Å². The van der Waals surface area contributed by atoms with Crippen molar-refractivity contribution in [3.8, 4) is 0 Å². The van der Waals surface area contributed by atoms with Crippen molar-refractivity contribution >= 4 is 11.3 Å². The van der Waals surface area contributed by atoms with E-state index in [1.54, 1.807) is 0 Å². The number of nitrogens with one attached hydrogen (secondary N) is 1. The van der Waals surface area contributed by atoms with Crippen molar-refractivity contribution in [2.75, 3.05) is 46.9 Å². The second-order valence-corrected chi connectivity index (χ2v) is 6.43. The van der Waals surface area contributed by atoms with Crippen LogP contribution in [0.3, 0.4) is 0 Å². The molecule has 0 saturated carbocycles. The summed E-state index contributed by atoms with van der Waals surface area (Å²) in [7, 11) is 4.26. The molecule has 1 atom stereocenters. The molecule has 1 aliphatic rings. The standard InChI is InChI=1S/C14H24N2OS/c1-15-10-14(6-8-17-12-14)11-16(2)7-5-13-4-3-9-18-13/h3-4,9,15H,5-8,10-12H2,1-2H3. The van der Waals surface area contributed by atoms with Crippen molar-refractivity contribution in [2.24, 2.45) is 5.41 Å². The van der Waals surface area contributed by atoms with Crippen molar-refractivity contribution in [3.63, 3.8) is 0 Å². The molecule has 1 N–H and O–H groups in total. The second kappa shape index (κ2) is 6.66. The molecule has 1 aliphatic heterocycles. The molecule has 2 rings (SSSR count). The first-order valence-electron chi connectivity index (χ1n) is 6.67. The van der Waals surface area contributed by atoms with Gasteiger partial charge in [0.05, 0.1) is 6.61 Å². The predicted molar refractivity (Wildman–Crippen MR) is 77.3 cm³/mol. The summed E-state index contributed by atoms with van der Waals surface area (Å²) in [6.07, 6.45) is 2.34. The van der Waals surface area contributed by atoms with Crippen LogP contribution in [0.4, 0.5) is 0 Å². The van der Waals surface area contributed by atoms with Crippen molar-refractivity contribution in [1.29, 1.82) is 0 Å². The average Bonchev–Trinajstić information content (AvgIpc) is 2.98. The summed E-state index contributed by atoms with van der Waals surface area (Å²) in [5.41, 5.74) is 0.318. The van der Waals surface area contributed by atoms with E-state index in [2.05, 4.69) is 34.8 Å². The van der Waals surface area contributed by atoms with Crippen LogP contribution in [0.15, 0.2) is 17.5 Å². The molecule has 0 amide bonds. The minimum absolute atomic E-state index is 0.318. The maximum Gasteiger partial charge on any atom is 0.0547 e. The van der Waals surface area contributed by atoms with Gasteiger partial charge in [0.25, 0.3) is 0 Å². The van der Waals surface area contributed by atoms with E-state index in [9.17, 15) is 0 Å². The van der Waals surface area contributed by atoms with Gasteiger partial charge >= 0.3 is 0 Å². The number of ether oxygens (including phenoxy) is 1. The van der Waals surface area contributed by atoms with Gasteiger partial charge in [-0.15, -0.1) is 11.3 Å². The maximum absolute atomic E-state index is 5.60. The quantitative estimate of drug-likeness (QED) is 0.817. The van der Waals surface area contributed by atoms with E-state index in [-0.39, 0.29) is 0 Å². The Kier molecular flexibility index (Phi) is 5.18. The number of thiophene rings is 1. The first-order chi connectivity index (χ1) is 8.74. The van der Waals surface area contributed by atoms with Crippen LogP contribution in [-0.4, -0.2) is 51.8 Å². The number of nitrogens with zero attached hydrogens (tertiary/aromatic N) is 1.